The van der Waals surface area contributed by atoms with Gasteiger partial charge in [0.2, 0.25) is 0 Å². The first-order chi connectivity index (χ1) is 9.03. The first-order valence-corrected chi connectivity index (χ1v) is 7.73. The molecule has 1 aliphatic heterocycles. The zero-order chi connectivity index (χ0) is 13.5. The van der Waals surface area contributed by atoms with Crippen LogP contribution in [-0.4, -0.2) is 15.8 Å². The Morgan fingerprint density at radius 2 is 2.26 bits per heavy atom. The van der Waals surface area contributed by atoms with Crippen molar-refractivity contribution in [3.05, 3.63) is 28.4 Å². The number of halogens is 1. The molecular weight excluding hydrogens is 328 g/mol. The van der Waals surface area contributed by atoms with Crippen molar-refractivity contribution in [1.29, 1.82) is 0 Å². The minimum Gasteiger partial charge on any atom is -0.389 e. The number of fused-ring (bicyclic) bond motifs is 1. The molecule has 3 rings (SSSR count). The molecule has 1 aliphatic rings. The van der Waals surface area contributed by atoms with Gasteiger partial charge in [-0.2, -0.15) is 0 Å². The van der Waals surface area contributed by atoms with Crippen LogP contribution in [0, 0.1) is 0 Å². The number of hydrogen-bond donors (Lipinski definition) is 0. The van der Waals surface area contributed by atoms with E-state index < -0.39 is 0 Å². The quantitative estimate of drug-likeness (QED) is 0.815. The van der Waals surface area contributed by atoms with Crippen molar-refractivity contribution in [3.63, 3.8) is 0 Å². The SMILES string of the molecule is CC1(C)CC(SCc2noc3ccc(Br)cc23)=NO1. The van der Waals surface area contributed by atoms with E-state index in [1.165, 1.54) is 0 Å². The molecule has 0 unspecified atom stereocenters. The summed E-state index contributed by atoms with van der Waals surface area (Å²) in [6.45, 7) is 4.07. The van der Waals surface area contributed by atoms with Gasteiger partial charge in [0.05, 0.1) is 0 Å². The fourth-order valence-corrected chi connectivity index (χ4v) is 3.31. The van der Waals surface area contributed by atoms with Crippen LogP contribution in [0.2, 0.25) is 0 Å². The average Bonchev–Trinajstić information content (AvgIpc) is 2.90. The van der Waals surface area contributed by atoms with Crippen molar-refractivity contribution in [1.82, 2.24) is 5.16 Å². The van der Waals surface area contributed by atoms with E-state index in [0.29, 0.717) is 0 Å². The molecule has 0 fully saturated rings. The maximum absolute atomic E-state index is 5.35. The summed E-state index contributed by atoms with van der Waals surface area (Å²) in [4.78, 5) is 5.35. The second-order valence-electron chi connectivity index (χ2n) is 5.07. The number of thioether (sulfide) groups is 1. The molecule has 6 heteroatoms. The summed E-state index contributed by atoms with van der Waals surface area (Å²) >= 11 is 5.12. The number of rotatable bonds is 2. The van der Waals surface area contributed by atoms with Gasteiger partial charge < -0.3 is 9.36 Å². The molecule has 100 valence electrons. The smallest absolute Gasteiger partial charge is 0.167 e. The van der Waals surface area contributed by atoms with Crippen LogP contribution in [0.4, 0.5) is 0 Å². The molecule has 1 aromatic heterocycles. The molecule has 0 radical (unpaired) electrons. The van der Waals surface area contributed by atoms with E-state index in [2.05, 4.69) is 26.2 Å². The standard InChI is InChI=1S/C13H13BrN2O2S/c1-13(2)6-12(16-18-13)19-7-10-9-5-8(14)3-4-11(9)17-15-10/h3-5H,6-7H2,1-2H3. The lowest BCUT2D eigenvalue weighted by Crippen LogP contribution is -2.18. The molecular formula is C13H13BrN2O2S. The Kier molecular flexibility index (Phi) is 3.30. The Morgan fingerprint density at radius 1 is 1.42 bits per heavy atom. The maximum Gasteiger partial charge on any atom is 0.167 e. The van der Waals surface area contributed by atoms with Gasteiger partial charge >= 0.3 is 0 Å². The highest BCUT2D eigenvalue weighted by Gasteiger charge is 2.29. The third kappa shape index (κ3) is 2.79. The Balaban J connectivity index is 1.74. The minimum atomic E-state index is -0.183. The van der Waals surface area contributed by atoms with Gasteiger partial charge in [-0.05, 0) is 32.0 Å². The third-order valence-electron chi connectivity index (χ3n) is 2.85. The second-order valence-corrected chi connectivity index (χ2v) is 7.04. The van der Waals surface area contributed by atoms with Crippen molar-refractivity contribution < 1.29 is 9.36 Å². The summed E-state index contributed by atoms with van der Waals surface area (Å²) in [7, 11) is 0. The molecule has 0 saturated carbocycles. The fraction of sp³-hybridized carbons (Fsp3) is 0.385. The van der Waals surface area contributed by atoms with Crippen LogP contribution in [0.1, 0.15) is 26.0 Å². The second kappa shape index (κ2) is 4.83. The first kappa shape index (κ1) is 13.0. The van der Waals surface area contributed by atoms with Gasteiger partial charge in [0, 0.05) is 22.0 Å². The maximum atomic E-state index is 5.35. The molecule has 0 aliphatic carbocycles. The summed E-state index contributed by atoms with van der Waals surface area (Å²) in [6, 6.07) is 5.89. The topological polar surface area (TPSA) is 47.6 Å². The zero-order valence-corrected chi connectivity index (χ0v) is 13.0. The predicted molar refractivity (Wildman–Crippen MR) is 80.2 cm³/mol. The lowest BCUT2D eigenvalue weighted by atomic mass is 10.1. The van der Waals surface area contributed by atoms with Crippen LogP contribution in [0.5, 0.6) is 0 Å². The van der Waals surface area contributed by atoms with E-state index in [1.54, 1.807) is 11.8 Å². The Morgan fingerprint density at radius 3 is 3.00 bits per heavy atom. The van der Waals surface area contributed by atoms with E-state index in [1.807, 2.05) is 32.0 Å². The summed E-state index contributed by atoms with van der Waals surface area (Å²) < 4.78 is 6.33. The molecule has 19 heavy (non-hydrogen) atoms. The highest BCUT2D eigenvalue weighted by atomic mass is 79.9. The van der Waals surface area contributed by atoms with Crippen molar-refractivity contribution >= 4 is 43.7 Å². The molecule has 2 heterocycles. The highest BCUT2D eigenvalue weighted by Crippen LogP contribution is 2.31. The lowest BCUT2D eigenvalue weighted by Gasteiger charge is -2.12. The van der Waals surface area contributed by atoms with Gasteiger partial charge in [0.25, 0.3) is 0 Å². The zero-order valence-electron chi connectivity index (χ0n) is 10.6. The largest absolute Gasteiger partial charge is 0.389 e. The van der Waals surface area contributed by atoms with Crippen LogP contribution in [0.3, 0.4) is 0 Å². The predicted octanol–water partition coefficient (Wildman–Crippen LogP) is 4.34. The molecule has 0 saturated heterocycles. The molecule has 0 spiro atoms. The van der Waals surface area contributed by atoms with Gasteiger partial charge in [0.15, 0.2) is 5.58 Å². The van der Waals surface area contributed by atoms with Crippen molar-refractivity contribution in [2.45, 2.75) is 31.6 Å². The third-order valence-corrected chi connectivity index (χ3v) is 4.32. The van der Waals surface area contributed by atoms with Gasteiger partial charge in [-0.3, -0.25) is 0 Å². The van der Waals surface area contributed by atoms with Gasteiger partial charge in [-0.1, -0.05) is 26.2 Å². The minimum absolute atomic E-state index is 0.183. The number of nitrogens with zero attached hydrogens (tertiary/aromatic N) is 2. The molecule has 0 bridgehead atoms. The number of aromatic nitrogens is 1. The van der Waals surface area contributed by atoms with Gasteiger partial charge in [0.1, 0.15) is 16.3 Å². The van der Waals surface area contributed by atoms with Crippen LogP contribution >= 0.6 is 27.7 Å². The molecule has 0 amide bonds. The highest BCUT2D eigenvalue weighted by molar-refractivity contribution is 9.10. The van der Waals surface area contributed by atoms with Gasteiger partial charge in [-0.15, -0.1) is 11.8 Å². The summed E-state index contributed by atoms with van der Waals surface area (Å²) in [5.74, 6) is 0.738. The summed E-state index contributed by atoms with van der Waals surface area (Å²) in [6.07, 6.45) is 0.844. The normalized spacial score (nSPS) is 17.5. The average molecular weight is 341 g/mol. The van der Waals surface area contributed by atoms with Crippen LogP contribution in [0.25, 0.3) is 11.0 Å². The van der Waals surface area contributed by atoms with Crippen molar-refractivity contribution in [2.24, 2.45) is 5.16 Å². The van der Waals surface area contributed by atoms with E-state index in [9.17, 15) is 0 Å². The molecule has 2 aromatic rings. The van der Waals surface area contributed by atoms with Crippen molar-refractivity contribution in [2.75, 3.05) is 0 Å². The Labute approximate surface area is 123 Å². The van der Waals surface area contributed by atoms with E-state index in [0.717, 1.165) is 38.4 Å². The summed E-state index contributed by atoms with van der Waals surface area (Å²) in [5, 5.41) is 10.3. The molecule has 1 aromatic carbocycles. The number of hydrogen-bond acceptors (Lipinski definition) is 5. The van der Waals surface area contributed by atoms with Crippen LogP contribution < -0.4 is 0 Å². The van der Waals surface area contributed by atoms with E-state index >= 15 is 0 Å². The monoisotopic (exact) mass is 340 g/mol. The van der Waals surface area contributed by atoms with Crippen LogP contribution in [0.15, 0.2) is 32.4 Å². The van der Waals surface area contributed by atoms with E-state index in [-0.39, 0.29) is 5.60 Å². The molecule has 4 nitrogen and oxygen atoms in total. The first-order valence-electron chi connectivity index (χ1n) is 5.95. The Hall–Kier alpha value is -1.01. The van der Waals surface area contributed by atoms with E-state index in [4.69, 9.17) is 9.36 Å². The lowest BCUT2D eigenvalue weighted by molar-refractivity contribution is 0.0123. The molecule has 0 N–H and O–H groups in total. The fourth-order valence-electron chi connectivity index (χ4n) is 1.90. The Bertz CT molecular complexity index is 651. The van der Waals surface area contributed by atoms with Crippen LogP contribution in [-0.2, 0) is 10.6 Å². The van der Waals surface area contributed by atoms with Crippen molar-refractivity contribution in [3.8, 4) is 0 Å². The molecule has 0 atom stereocenters. The van der Waals surface area contributed by atoms with Gasteiger partial charge in [-0.25, -0.2) is 0 Å². The number of oxime groups is 1. The number of benzene rings is 1. The summed E-state index contributed by atoms with van der Waals surface area (Å²) in [5.41, 5.74) is 1.56.